The van der Waals surface area contributed by atoms with Crippen molar-refractivity contribution in [1.82, 2.24) is 19.5 Å². The van der Waals surface area contributed by atoms with Crippen molar-refractivity contribution in [2.24, 2.45) is 0 Å². The van der Waals surface area contributed by atoms with E-state index in [1.165, 1.54) is 33.4 Å². The molecular formula is C16H17IN4O7. The highest BCUT2D eigenvalue weighted by Gasteiger charge is 2.51. The van der Waals surface area contributed by atoms with E-state index < -0.39 is 42.4 Å². The van der Waals surface area contributed by atoms with Crippen molar-refractivity contribution < 1.29 is 33.3 Å². The van der Waals surface area contributed by atoms with Gasteiger partial charge in [-0.25, -0.2) is 15.0 Å². The van der Waals surface area contributed by atoms with Crippen LogP contribution < -0.4 is 0 Å². The molecule has 1 fully saturated rings. The molecule has 1 aliphatic rings. The van der Waals surface area contributed by atoms with Crippen LogP contribution >= 0.6 is 22.6 Å². The number of ether oxygens (including phenoxy) is 4. The summed E-state index contributed by atoms with van der Waals surface area (Å²) in [6.07, 6.45) is -0.874. The van der Waals surface area contributed by atoms with E-state index in [1.807, 2.05) is 22.6 Å². The minimum Gasteiger partial charge on any atom is -0.463 e. The first kappa shape index (κ1) is 20.4. The largest absolute Gasteiger partial charge is 0.463 e. The smallest absolute Gasteiger partial charge is 0.303 e. The van der Waals surface area contributed by atoms with Crippen LogP contribution in [0.15, 0.2) is 12.7 Å². The number of carbonyl (C=O) groups is 3. The van der Waals surface area contributed by atoms with Gasteiger partial charge in [-0.2, -0.15) is 0 Å². The summed E-state index contributed by atoms with van der Waals surface area (Å²) < 4.78 is 23.9. The first-order valence-corrected chi connectivity index (χ1v) is 9.32. The van der Waals surface area contributed by atoms with Crippen LogP contribution in [-0.4, -0.2) is 62.3 Å². The Bertz CT molecular complexity index is 918. The third-order valence-corrected chi connectivity index (χ3v) is 4.72. The molecule has 11 nitrogen and oxygen atoms in total. The predicted octanol–water partition coefficient (Wildman–Crippen LogP) is 0.755. The second-order valence-electron chi connectivity index (χ2n) is 6.00. The lowest BCUT2D eigenvalue weighted by atomic mass is 10.1. The third-order valence-electron chi connectivity index (χ3n) is 3.93. The van der Waals surface area contributed by atoms with Crippen LogP contribution in [0.2, 0.25) is 0 Å². The first-order chi connectivity index (χ1) is 13.3. The van der Waals surface area contributed by atoms with Gasteiger partial charge in [-0.3, -0.25) is 19.0 Å². The SMILES string of the molecule is CC(=O)OC[C@H]1O[C@@H](n2cnc3c(I)ncnc32)C(OC(C)=O)C1OC(C)=O. The Morgan fingerprint density at radius 2 is 1.75 bits per heavy atom. The molecule has 0 saturated carbocycles. The van der Waals surface area contributed by atoms with Gasteiger partial charge in [0.15, 0.2) is 24.1 Å². The van der Waals surface area contributed by atoms with Crippen LogP contribution in [0, 0.1) is 3.70 Å². The molecule has 0 spiro atoms. The lowest BCUT2D eigenvalue weighted by Crippen LogP contribution is -2.40. The molecule has 0 amide bonds. The normalized spacial score (nSPS) is 24.1. The summed E-state index contributed by atoms with van der Waals surface area (Å²) in [6.45, 7) is 3.53. The molecule has 12 heteroatoms. The highest BCUT2D eigenvalue weighted by Crippen LogP contribution is 2.36. The van der Waals surface area contributed by atoms with Gasteiger partial charge < -0.3 is 18.9 Å². The summed E-state index contributed by atoms with van der Waals surface area (Å²) in [5.74, 6) is -1.70. The number of aromatic nitrogens is 4. The van der Waals surface area contributed by atoms with E-state index in [2.05, 4.69) is 15.0 Å². The van der Waals surface area contributed by atoms with E-state index >= 15 is 0 Å². The van der Waals surface area contributed by atoms with Gasteiger partial charge in [-0.1, -0.05) is 0 Å². The molecule has 2 aromatic heterocycles. The molecule has 1 saturated heterocycles. The second kappa shape index (κ2) is 8.34. The van der Waals surface area contributed by atoms with E-state index in [-0.39, 0.29) is 6.61 Å². The highest BCUT2D eigenvalue weighted by molar-refractivity contribution is 14.1. The van der Waals surface area contributed by atoms with Gasteiger partial charge >= 0.3 is 17.9 Å². The molecule has 150 valence electrons. The van der Waals surface area contributed by atoms with E-state index in [4.69, 9.17) is 18.9 Å². The van der Waals surface area contributed by atoms with Gasteiger partial charge in [0.25, 0.3) is 0 Å². The molecular weight excluding hydrogens is 487 g/mol. The van der Waals surface area contributed by atoms with Crippen LogP contribution in [0.4, 0.5) is 0 Å². The number of imidazole rings is 1. The molecule has 0 radical (unpaired) electrons. The van der Waals surface area contributed by atoms with E-state index in [0.717, 1.165) is 0 Å². The molecule has 1 aliphatic heterocycles. The van der Waals surface area contributed by atoms with Crippen LogP contribution in [0.1, 0.15) is 27.0 Å². The fourth-order valence-corrected chi connectivity index (χ4v) is 3.43. The topological polar surface area (TPSA) is 132 Å². The van der Waals surface area contributed by atoms with Crippen molar-refractivity contribution in [2.75, 3.05) is 6.61 Å². The number of esters is 3. The van der Waals surface area contributed by atoms with Gasteiger partial charge in [0, 0.05) is 20.8 Å². The maximum Gasteiger partial charge on any atom is 0.303 e. The molecule has 0 aliphatic carbocycles. The summed E-state index contributed by atoms with van der Waals surface area (Å²) >= 11 is 2.02. The van der Waals surface area contributed by atoms with Crippen molar-refractivity contribution in [1.29, 1.82) is 0 Å². The zero-order valence-electron chi connectivity index (χ0n) is 15.2. The molecule has 2 unspecified atom stereocenters. The monoisotopic (exact) mass is 504 g/mol. The minimum atomic E-state index is -0.994. The Morgan fingerprint density at radius 3 is 2.39 bits per heavy atom. The fourth-order valence-electron chi connectivity index (χ4n) is 2.93. The number of nitrogens with zero attached hydrogens (tertiary/aromatic N) is 4. The Labute approximate surface area is 172 Å². The Hall–Kier alpha value is -2.35. The summed E-state index contributed by atoms with van der Waals surface area (Å²) in [4.78, 5) is 47.1. The van der Waals surface area contributed by atoms with Gasteiger partial charge in [0.05, 0.1) is 6.33 Å². The summed E-state index contributed by atoms with van der Waals surface area (Å²) in [6, 6.07) is 0. The molecule has 4 atom stereocenters. The molecule has 3 rings (SSSR count). The number of carbonyl (C=O) groups excluding carboxylic acids is 3. The quantitative estimate of drug-likeness (QED) is 0.249. The van der Waals surface area contributed by atoms with Crippen LogP contribution in [0.25, 0.3) is 11.2 Å². The molecule has 0 N–H and O–H groups in total. The second-order valence-corrected chi connectivity index (χ2v) is 7.03. The van der Waals surface area contributed by atoms with Crippen molar-refractivity contribution >= 4 is 51.7 Å². The zero-order valence-corrected chi connectivity index (χ0v) is 17.4. The van der Waals surface area contributed by atoms with Crippen LogP contribution in [0.3, 0.4) is 0 Å². The molecule has 0 aromatic carbocycles. The van der Waals surface area contributed by atoms with E-state index in [0.29, 0.717) is 14.9 Å². The van der Waals surface area contributed by atoms with Crippen molar-refractivity contribution in [3.63, 3.8) is 0 Å². The van der Waals surface area contributed by atoms with E-state index in [9.17, 15) is 14.4 Å². The van der Waals surface area contributed by atoms with Gasteiger partial charge in [0.2, 0.25) is 0 Å². The average Bonchev–Trinajstić information content (AvgIpc) is 3.16. The molecule has 28 heavy (non-hydrogen) atoms. The highest BCUT2D eigenvalue weighted by atomic mass is 127. The first-order valence-electron chi connectivity index (χ1n) is 8.24. The predicted molar refractivity (Wildman–Crippen MR) is 99.7 cm³/mol. The zero-order chi connectivity index (χ0) is 20.4. The Balaban J connectivity index is 2.01. The lowest BCUT2D eigenvalue weighted by Gasteiger charge is -2.23. The number of hydrogen-bond acceptors (Lipinski definition) is 10. The fraction of sp³-hybridized carbons (Fsp3) is 0.500. The lowest BCUT2D eigenvalue weighted by molar-refractivity contribution is -0.166. The number of halogens is 1. The van der Waals surface area contributed by atoms with Gasteiger partial charge in [0.1, 0.15) is 28.3 Å². The van der Waals surface area contributed by atoms with Crippen molar-refractivity contribution in [3.8, 4) is 0 Å². The van der Waals surface area contributed by atoms with Crippen LogP contribution in [0.5, 0.6) is 0 Å². The van der Waals surface area contributed by atoms with Crippen molar-refractivity contribution in [2.45, 2.75) is 45.3 Å². The summed E-state index contributed by atoms with van der Waals surface area (Å²) in [7, 11) is 0. The Morgan fingerprint density at radius 1 is 1.07 bits per heavy atom. The number of fused-ring (bicyclic) bond motifs is 1. The van der Waals surface area contributed by atoms with E-state index in [1.54, 1.807) is 4.57 Å². The maximum atomic E-state index is 11.7. The average molecular weight is 504 g/mol. The van der Waals surface area contributed by atoms with Crippen molar-refractivity contribution in [3.05, 3.63) is 16.4 Å². The standard InChI is InChI=1S/C16H17IN4O7/c1-7(22)25-4-10-12(26-8(2)23)13(27-9(3)24)16(28-10)21-6-20-11-14(17)18-5-19-15(11)21/h5-6,10,12-13,16H,4H2,1-3H3/t10-,12?,13?,16-/m1/s1. The Kier molecular flexibility index (Phi) is 6.07. The summed E-state index contributed by atoms with van der Waals surface area (Å²) in [5, 5.41) is 0. The number of rotatable bonds is 5. The van der Waals surface area contributed by atoms with Crippen LogP contribution in [-0.2, 0) is 33.3 Å². The third kappa shape index (κ3) is 4.22. The molecule has 0 bridgehead atoms. The van der Waals surface area contributed by atoms with Gasteiger partial charge in [-0.05, 0) is 22.6 Å². The summed E-state index contributed by atoms with van der Waals surface area (Å²) in [5.41, 5.74) is 0.997. The minimum absolute atomic E-state index is 0.180. The van der Waals surface area contributed by atoms with Gasteiger partial charge in [-0.15, -0.1) is 0 Å². The molecule has 2 aromatic rings. The maximum absolute atomic E-state index is 11.7. The number of hydrogen-bond donors (Lipinski definition) is 0. The molecule has 3 heterocycles.